The van der Waals surface area contributed by atoms with Gasteiger partial charge in [0.25, 0.3) is 0 Å². The number of benzene rings is 1. The molecule has 2 N–H and O–H groups in total. The van der Waals surface area contributed by atoms with E-state index in [1.54, 1.807) is 0 Å². The van der Waals surface area contributed by atoms with E-state index < -0.39 is 0 Å². The van der Waals surface area contributed by atoms with E-state index in [4.69, 9.17) is 0 Å². The number of H-pyrrole nitrogens is 1. The fourth-order valence-corrected chi connectivity index (χ4v) is 2.33. The number of fused-ring (bicyclic) bond motifs is 1. The lowest BCUT2D eigenvalue weighted by molar-refractivity contribution is 0.716. The number of para-hydroxylation sites is 1. The van der Waals surface area contributed by atoms with E-state index in [0.717, 1.165) is 23.4 Å². The van der Waals surface area contributed by atoms with Gasteiger partial charge in [0.1, 0.15) is 0 Å². The maximum Gasteiger partial charge on any atom is 0.0768 e. The van der Waals surface area contributed by atoms with Crippen LogP contribution in [0.25, 0.3) is 22.2 Å². The van der Waals surface area contributed by atoms with Gasteiger partial charge in [-0.2, -0.15) is 5.10 Å². The zero-order valence-electron chi connectivity index (χ0n) is 10.6. The Kier molecular flexibility index (Phi) is 2.64. The molecule has 0 amide bonds. The Balaban J connectivity index is 2.14. The molecule has 0 aliphatic rings. The maximum absolute atomic E-state index is 4.50. The summed E-state index contributed by atoms with van der Waals surface area (Å²) >= 11 is 0. The van der Waals surface area contributed by atoms with Crippen LogP contribution in [0.3, 0.4) is 0 Å². The molecular formula is C14H16N4. The Bertz CT molecular complexity index is 678. The molecule has 2 heterocycles. The van der Waals surface area contributed by atoms with E-state index in [1.165, 1.54) is 10.9 Å². The van der Waals surface area contributed by atoms with Gasteiger partial charge in [-0.05, 0) is 19.2 Å². The van der Waals surface area contributed by atoms with Crippen LogP contribution in [0.1, 0.15) is 5.69 Å². The summed E-state index contributed by atoms with van der Waals surface area (Å²) in [6.07, 6.45) is 2.05. The molecule has 3 rings (SSSR count). The first kappa shape index (κ1) is 11.0. The number of rotatable bonds is 3. The largest absolute Gasteiger partial charge is 0.360 e. The summed E-state index contributed by atoms with van der Waals surface area (Å²) in [5.74, 6) is 0. The minimum atomic E-state index is 0.788. The molecule has 0 bridgehead atoms. The standard InChI is InChI=1S/C14H16N4/c1-15-8-10-7-14(18(2)17-10)12-9-16-13-6-4-3-5-11(12)13/h3-7,9,15-16H,8H2,1-2H3. The normalized spacial score (nSPS) is 11.2. The van der Waals surface area contributed by atoms with Crippen molar-refractivity contribution < 1.29 is 0 Å². The highest BCUT2D eigenvalue weighted by Crippen LogP contribution is 2.28. The van der Waals surface area contributed by atoms with Gasteiger partial charge in [0.2, 0.25) is 0 Å². The second-order valence-corrected chi connectivity index (χ2v) is 4.42. The van der Waals surface area contributed by atoms with Crippen molar-refractivity contribution in [2.24, 2.45) is 7.05 Å². The molecule has 0 atom stereocenters. The van der Waals surface area contributed by atoms with Crippen molar-refractivity contribution in [2.45, 2.75) is 6.54 Å². The average Bonchev–Trinajstić information content (AvgIpc) is 2.93. The summed E-state index contributed by atoms with van der Waals surface area (Å²) in [4.78, 5) is 3.30. The second kappa shape index (κ2) is 4.31. The monoisotopic (exact) mass is 240 g/mol. The van der Waals surface area contributed by atoms with Crippen LogP contribution in [0, 0.1) is 0 Å². The van der Waals surface area contributed by atoms with E-state index in [2.05, 4.69) is 39.7 Å². The zero-order valence-corrected chi connectivity index (χ0v) is 10.6. The van der Waals surface area contributed by atoms with Crippen LogP contribution in [0.15, 0.2) is 36.5 Å². The summed E-state index contributed by atoms with van der Waals surface area (Å²) < 4.78 is 1.93. The SMILES string of the molecule is CNCc1cc(-c2c[nH]c3ccccc23)n(C)n1. The van der Waals surface area contributed by atoms with Gasteiger partial charge < -0.3 is 10.3 Å². The van der Waals surface area contributed by atoms with Crippen LogP contribution in [0.4, 0.5) is 0 Å². The molecule has 0 aliphatic carbocycles. The molecule has 0 aliphatic heterocycles. The van der Waals surface area contributed by atoms with E-state index in [-0.39, 0.29) is 0 Å². The zero-order chi connectivity index (χ0) is 12.5. The summed E-state index contributed by atoms with van der Waals surface area (Å²) in [5.41, 5.74) is 4.55. The Morgan fingerprint density at radius 3 is 3.00 bits per heavy atom. The molecule has 18 heavy (non-hydrogen) atoms. The van der Waals surface area contributed by atoms with Gasteiger partial charge >= 0.3 is 0 Å². The van der Waals surface area contributed by atoms with E-state index >= 15 is 0 Å². The van der Waals surface area contributed by atoms with E-state index in [1.807, 2.05) is 31.0 Å². The molecule has 0 unspecified atom stereocenters. The number of nitrogens with one attached hydrogen (secondary N) is 2. The quantitative estimate of drug-likeness (QED) is 0.737. The van der Waals surface area contributed by atoms with Gasteiger partial charge in [0.15, 0.2) is 0 Å². The molecule has 2 aromatic heterocycles. The van der Waals surface area contributed by atoms with Crippen LogP contribution in [0.5, 0.6) is 0 Å². The maximum atomic E-state index is 4.50. The molecule has 0 spiro atoms. The minimum absolute atomic E-state index is 0.788. The van der Waals surface area contributed by atoms with Crippen molar-refractivity contribution >= 4 is 10.9 Å². The summed E-state index contributed by atoms with van der Waals surface area (Å²) in [6.45, 7) is 0.788. The van der Waals surface area contributed by atoms with Gasteiger partial charge in [0.05, 0.1) is 11.4 Å². The predicted octanol–water partition coefficient (Wildman–Crippen LogP) is 2.29. The Morgan fingerprint density at radius 1 is 1.33 bits per heavy atom. The lowest BCUT2D eigenvalue weighted by Gasteiger charge is -1.99. The van der Waals surface area contributed by atoms with Crippen molar-refractivity contribution in [1.82, 2.24) is 20.1 Å². The first-order chi connectivity index (χ1) is 8.79. The number of hydrogen-bond acceptors (Lipinski definition) is 2. The van der Waals surface area contributed by atoms with Crippen LogP contribution >= 0.6 is 0 Å². The smallest absolute Gasteiger partial charge is 0.0768 e. The molecule has 0 radical (unpaired) electrons. The molecule has 0 saturated carbocycles. The van der Waals surface area contributed by atoms with Crippen LogP contribution in [-0.4, -0.2) is 21.8 Å². The average molecular weight is 240 g/mol. The highest BCUT2D eigenvalue weighted by Gasteiger charge is 2.11. The Labute approximate surface area is 106 Å². The van der Waals surface area contributed by atoms with Crippen LogP contribution in [-0.2, 0) is 13.6 Å². The number of nitrogens with zero attached hydrogens (tertiary/aromatic N) is 2. The Hall–Kier alpha value is -2.07. The molecule has 3 aromatic rings. The fourth-order valence-electron chi connectivity index (χ4n) is 2.33. The lowest BCUT2D eigenvalue weighted by Crippen LogP contribution is -2.05. The fraction of sp³-hybridized carbons (Fsp3) is 0.214. The number of aromatic nitrogens is 3. The molecule has 92 valence electrons. The lowest BCUT2D eigenvalue weighted by atomic mass is 10.1. The van der Waals surface area contributed by atoms with Crippen LogP contribution in [0.2, 0.25) is 0 Å². The predicted molar refractivity (Wildman–Crippen MR) is 73.3 cm³/mol. The van der Waals surface area contributed by atoms with E-state index in [9.17, 15) is 0 Å². The molecular weight excluding hydrogens is 224 g/mol. The topological polar surface area (TPSA) is 45.6 Å². The first-order valence-corrected chi connectivity index (χ1v) is 6.03. The van der Waals surface area contributed by atoms with Crippen molar-refractivity contribution in [2.75, 3.05) is 7.05 Å². The summed E-state index contributed by atoms with van der Waals surface area (Å²) in [6, 6.07) is 10.4. The number of aromatic amines is 1. The molecule has 4 heteroatoms. The first-order valence-electron chi connectivity index (χ1n) is 6.03. The van der Waals surface area contributed by atoms with Crippen molar-refractivity contribution in [3.63, 3.8) is 0 Å². The summed E-state index contributed by atoms with van der Waals surface area (Å²) in [5, 5.41) is 8.86. The highest BCUT2D eigenvalue weighted by molar-refractivity contribution is 5.94. The highest BCUT2D eigenvalue weighted by atomic mass is 15.3. The molecule has 0 fully saturated rings. The van der Waals surface area contributed by atoms with Gasteiger partial charge in [0, 0.05) is 36.3 Å². The third-order valence-electron chi connectivity index (χ3n) is 3.15. The Morgan fingerprint density at radius 2 is 2.17 bits per heavy atom. The van der Waals surface area contributed by atoms with Crippen molar-refractivity contribution in [1.29, 1.82) is 0 Å². The molecule has 4 nitrogen and oxygen atoms in total. The van der Waals surface area contributed by atoms with Gasteiger partial charge in [-0.15, -0.1) is 0 Å². The van der Waals surface area contributed by atoms with Gasteiger partial charge in [-0.3, -0.25) is 4.68 Å². The number of aryl methyl sites for hydroxylation is 1. The van der Waals surface area contributed by atoms with Crippen LogP contribution < -0.4 is 5.32 Å². The van der Waals surface area contributed by atoms with E-state index in [0.29, 0.717) is 0 Å². The third kappa shape index (κ3) is 1.71. The third-order valence-corrected chi connectivity index (χ3v) is 3.15. The minimum Gasteiger partial charge on any atom is -0.360 e. The van der Waals surface area contributed by atoms with Gasteiger partial charge in [-0.25, -0.2) is 0 Å². The molecule has 1 aromatic carbocycles. The molecule has 0 saturated heterocycles. The second-order valence-electron chi connectivity index (χ2n) is 4.42. The van der Waals surface area contributed by atoms with Gasteiger partial charge in [-0.1, -0.05) is 18.2 Å². The summed E-state index contributed by atoms with van der Waals surface area (Å²) in [7, 11) is 3.91. The number of hydrogen-bond donors (Lipinski definition) is 2. The van der Waals surface area contributed by atoms with Crippen molar-refractivity contribution in [3.05, 3.63) is 42.2 Å². The van der Waals surface area contributed by atoms with Crippen molar-refractivity contribution in [3.8, 4) is 11.3 Å².